The molecule has 3 nitrogen and oxygen atoms in total. The summed E-state index contributed by atoms with van der Waals surface area (Å²) in [4.78, 5) is 14.6. The molecule has 5 heteroatoms. The molecule has 0 fully saturated rings. The number of nitrogens with zero attached hydrogens (tertiary/aromatic N) is 3. The van der Waals surface area contributed by atoms with Crippen LogP contribution in [-0.4, -0.2) is 15.0 Å². The zero-order valence-electron chi connectivity index (χ0n) is 36.3. The third kappa shape index (κ3) is 9.67. The number of hydrogen-bond acceptors (Lipinski definition) is 3. The molecule has 0 spiro atoms. The number of rotatable bonds is 13. The summed E-state index contributed by atoms with van der Waals surface area (Å²) >= 11 is 0. The molecule has 66 heavy (non-hydrogen) atoms. The van der Waals surface area contributed by atoms with E-state index in [4.69, 9.17) is 15.0 Å². The van der Waals surface area contributed by atoms with E-state index in [1.165, 1.54) is 46.5 Å². The van der Waals surface area contributed by atoms with Crippen molar-refractivity contribution in [1.82, 2.24) is 15.0 Å². The molecule has 3 aromatic heterocycles. The van der Waals surface area contributed by atoms with Gasteiger partial charge in [0.2, 0.25) is 0 Å². The van der Waals surface area contributed by atoms with Crippen LogP contribution in [0, 0.1) is 11.6 Å². The second-order valence-corrected chi connectivity index (χ2v) is 16.6. The number of hydrogen-bond donors (Lipinski definition) is 0. The van der Waals surface area contributed by atoms with Crippen LogP contribution in [0.25, 0.3) is 78.3 Å². The minimum absolute atomic E-state index is 0.261. The third-order valence-corrected chi connectivity index (χ3v) is 12.2. The SMILES string of the molecule is Fc1ccc(-c2ccc(CCc3cc(CCc4ccc(-c5ccc(F)cc5)nc4)cc(-c4ccccc4-c4cnc(-c5ccccc5)cc4-c4ccc(-c5ccccc5)cc4)c3)cn2)cc1. The molecule has 0 aliphatic carbocycles. The van der Waals surface area contributed by atoms with Crippen molar-refractivity contribution in [3.8, 4) is 78.3 Å². The third-order valence-electron chi connectivity index (χ3n) is 12.2. The summed E-state index contributed by atoms with van der Waals surface area (Å²) in [6.07, 6.45) is 9.16. The second kappa shape index (κ2) is 19.3. The molecule has 3 heterocycles. The number of aromatic nitrogens is 3. The van der Waals surface area contributed by atoms with Crippen molar-refractivity contribution >= 4 is 0 Å². The van der Waals surface area contributed by atoms with Gasteiger partial charge in [-0.05, 0) is 154 Å². The highest BCUT2D eigenvalue weighted by molar-refractivity contribution is 5.93. The Morgan fingerprint density at radius 3 is 1.21 bits per heavy atom. The standard InChI is InChI=1S/C61H45F2N3/c62-53-29-25-50(26-30-53)59-33-19-42(39-64-59)15-17-44-35-45(18-16-43-20-34-60(65-40-43)51-27-31-54(63)32-28-51)37-52(36-44)55-13-7-8-14-56(55)58-41-66-61(49-11-5-2-6-12-49)38-57(58)48-23-21-47(22-24-48)46-9-3-1-4-10-46/h1-14,19-41H,15-18H2. The lowest BCUT2D eigenvalue weighted by atomic mass is 9.87. The highest BCUT2D eigenvalue weighted by Crippen LogP contribution is 2.40. The van der Waals surface area contributed by atoms with Gasteiger partial charge in [0.25, 0.3) is 0 Å². The van der Waals surface area contributed by atoms with Crippen LogP contribution in [0.5, 0.6) is 0 Å². The second-order valence-electron chi connectivity index (χ2n) is 16.6. The van der Waals surface area contributed by atoms with Crippen molar-refractivity contribution in [3.63, 3.8) is 0 Å². The van der Waals surface area contributed by atoms with E-state index >= 15 is 0 Å². The molecular weight excluding hydrogens is 813 g/mol. The summed E-state index contributed by atoms with van der Waals surface area (Å²) in [6, 6.07) is 68.8. The fourth-order valence-corrected chi connectivity index (χ4v) is 8.63. The minimum atomic E-state index is -0.261. The van der Waals surface area contributed by atoms with Crippen LogP contribution in [0.1, 0.15) is 22.3 Å². The van der Waals surface area contributed by atoms with Gasteiger partial charge >= 0.3 is 0 Å². The maximum Gasteiger partial charge on any atom is 0.123 e. The zero-order chi connectivity index (χ0) is 44.7. The van der Waals surface area contributed by atoms with Crippen LogP contribution >= 0.6 is 0 Å². The number of benzene rings is 7. The molecule has 0 saturated carbocycles. The van der Waals surface area contributed by atoms with Gasteiger partial charge in [-0.2, -0.15) is 0 Å². The molecule has 7 aromatic carbocycles. The van der Waals surface area contributed by atoms with Crippen molar-refractivity contribution in [2.75, 3.05) is 0 Å². The zero-order valence-corrected chi connectivity index (χ0v) is 36.3. The molecule has 0 aliphatic rings. The Morgan fingerprint density at radius 2 is 0.682 bits per heavy atom. The van der Waals surface area contributed by atoms with Crippen molar-refractivity contribution in [2.24, 2.45) is 0 Å². The summed E-state index contributed by atoms with van der Waals surface area (Å²) < 4.78 is 27.2. The van der Waals surface area contributed by atoms with Gasteiger partial charge in [-0.25, -0.2) is 8.78 Å². The summed E-state index contributed by atoms with van der Waals surface area (Å²) in [5, 5.41) is 0. The van der Waals surface area contributed by atoms with Gasteiger partial charge in [0.15, 0.2) is 0 Å². The van der Waals surface area contributed by atoms with Gasteiger partial charge in [0.05, 0.1) is 17.1 Å². The Balaban J connectivity index is 1.00. The minimum Gasteiger partial charge on any atom is -0.256 e. The molecule has 318 valence electrons. The van der Waals surface area contributed by atoms with Crippen LogP contribution in [0.4, 0.5) is 8.78 Å². The molecule has 10 aromatic rings. The van der Waals surface area contributed by atoms with E-state index in [2.05, 4.69) is 133 Å². The van der Waals surface area contributed by atoms with Gasteiger partial charge in [0, 0.05) is 40.8 Å². The van der Waals surface area contributed by atoms with Crippen LogP contribution in [0.2, 0.25) is 0 Å². The first-order valence-corrected chi connectivity index (χ1v) is 22.3. The monoisotopic (exact) mass is 857 g/mol. The van der Waals surface area contributed by atoms with Crippen molar-refractivity contribution in [1.29, 1.82) is 0 Å². The molecule has 0 radical (unpaired) electrons. The molecule has 0 unspecified atom stereocenters. The highest BCUT2D eigenvalue weighted by Gasteiger charge is 2.17. The number of aryl methyl sites for hydroxylation is 4. The largest absolute Gasteiger partial charge is 0.256 e. The van der Waals surface area contributed by atoms with Crippen LogP contribution in [0.3, 0.4) is 0 Å². The first-order valence-electron chi connectivity index (χ1n) is 22.3. The summed E-state index contributed by atoms with van der Waals surface area (Å²) in [5.74, 6) is -0.522. The maximum absolute atomic E-state index is 13.6. The van der Waals surface area contributed by atoms with Gasteiger partial charge in [-0.3, -0.25) is 15.0 Å². The van der Waals surface area contributed by atoms with E-state index in [0.717, 1.165) is 104 Å². The van der Waals surface area contributed by atoms with Gasteiger partial charge in [0.1, 0.15) is 11.6 Å². The van der Waals surface area contributed by atoms with E-state index < -0.39 is 0 Å². The highest BCUT2D eigenvalue weighted by atomic mass is 19.1. The van der Waals surface area contributed by atoms with Crippen LogP contribution in [0.15, 0.2) is 225 Å². The molecule has 0 amide bonds. The number of halogens is 2. The average molecular weight is 858 g/mol. The fourth-order valence-electron chi connectivity index (χ4n) is 8.63. The Morgan fingerprint density at radius 1 is 0.258 bits per heavy atom. The normalized spacial score (nSPS) is 11.1. The fraction of sp³-hybridized carbons (Fsp3) is 0.0656. The first-order chi connectivity index (χ1) is 32.5. The number of pyridine rings is 3. The Bertz CT molecular complexity index is 3090. The maximum atomic E-state index is 13.6. The molecule has 0 saturated heterocycles. The predicted octanol–water partition coefficient (Wildman–Crippen LogP) is 15.4. The Labute approximate surface area is 384 Å². The van der Waals surface area contributed by atoms with Crippen molar-refractivity contribution in [2.45, 2.75) is 25.7 Å². The molecule has 0 atom stereocenters. The van der Waals surface area contributed by atoms with Gasteiger partial charge in [-0.15, -0.1) is 0 Å². The predicted molar refractivity (Wildman–Crippen MR) is 265 cm³/mol. The Hall–Kier alpha value is -8.15. The van der Waals surface area contributed by atoms with E-state index in [0.29, 0.717) is 0 Å². The van der Waals surface area contributed by atoms with E-state index in [-0.39, 0.29) is 11.6 Å². The average Bonchev–Trinajstić information content (AvgIpc) is 3.38. The lowest BCUT2D eigenvalue weighted by Crippen LogP contribution is -1.99. The van der Waals surface area contributed by atoms with Gasteiger partial charge in [-0.1, -0.05) is 140 Å². The molecule has 0 aliphatic heterocycles. The molecular formula is C61H45F2N3. The summed E-state index contributed by atoms with van der Waals surface area (Å²) in [7, 11) is 0. The van der Waals surface area contributed by atoms with Gasteiger partial charge < -0.3 is 0 Å². The van der Waals surface area contributed by atoms with Crippen molar-refractivity contribution < 1.29 is 8.78 Å². The summed E-state index contributed by atoms with van der Waals surface area (Å²) in [5.41, 5.74) is 19.2. The topological polar surface area (TPSA) is 38.7 Å². The van der Waals surface area contributed by atoms with Crippen molar-refractivity contribution in [3.05, 3.63) is 259 Å². The van der Waals surface area contributed by atoms with E-state index in [1.807, 2.05) is 42.9 Å². The molecule has 0 N–H and O–H groups in total. The van der Waals surface area contributed by atoms with Crippen LogP contribution in [-0.2, 0) is 25.7 Å². The Kier molecular flexibility index (Phi) is 12.2. The quantitative estimate of drug-likeness (QED) is 0.116. The lowest BCUT2D eigenvalue weighted by molar-refractivity contribution is 0.627. The van der Waals surface area contributed by atoms with E-state index in [1.54, 1.807) is 24.3 Å². The smallest absolute Gasteiger partial charge is 0.123 e. The molecule has 0 bridgehead atoms. The molecule has 10 rings (SSSR count). The summed E-state index contributed by atoms with van der Waals surface area (Å²) in [6.45, 7) is 0. The first kappa shape index (κ1) is 41.8. The van der Waals surface area contributed by atoms with Crippen LogP contribution < -0.4 is 0 Å². The lowest BCUT2D eigenvalue weighted by Gasteiger charge is -2.18. The van der Waals surface area contributed by atoms with E-state index in [9.17, 15) is 8.78 Å².